The van der Waals surface area contributed by atoms with Crippen LogP contribution in [0.5, 0.6) is 0 Å². The third-order valence-electron chi connectivity index (χ3n) is 7.11. The van der Waals surface area contributed by atoms with Gasteiger partial charge in [0, 0.05) is 24.2 Å². The summed E-state index contributed by atoms with van der Waals surface area (Å²) >= 11 is 0. The Morgan fingerprint density at radius 2 is 2.10 bits per heavy atom. The minimum atomic E-state index is -0.544. The fourth-order valence-electron chi connectivity index (χ4n) is 4.45. The largest absolute Gasteiger partial charge is 0.342 e. The van der Waals surface area contributed by atoms with Crippen LogP contribution >= 0.6 is 0 Å². The van der Waals surface area contributed by atoms with Crippen molar-refractivity contribution in [2.75, 3.05) is 0 Å². The molecule has 1 aliphatic rings. The van der Waals surface area contributed by atoms with Crippen LogP contribution in [-0.4, -0.2) is 31.9 Å². The molecule has 1 saturated carbocycles. The molecule has 2 unspecified atom stereocenters. The highest BCUT2D eigenvalue weighted by Gasteiger charge is 2.57. The number of para-hydroxylation sites is 2. The number of hydrazone groups is 1. The number of aromatic nitrogens is 4. The molecule has 1 fully saturated rings. The fourth-order valence-corrected chi connectivity index (χ4v) is 4.45. The number of carbonyl (C=O) groups is 1. The van der Waals surface area contributed by atoms with Crippen molar-refractivity contribution in [3.63, 3.8) is 0 Å². The Labute approximate surface area is 170 Å². The molecule has 1 aromatic carbocycles. The molecular formula is C22H28N6O. The van der Waals surface area contributed by atoms with E-state index in [4.69, 9.17) is 4.98 Å². The van der Waals surface area contributed by atoms with Crippen LogP contribution in [0.1, 0.15) is 56.6 Å². The summed E-state index contributed by atoms with van der Waals surface area (Å²) in [6, 6.07) is 8.04. The van der Waals surface area contributed by atoms with Crippen molar-refractivity contribution in [3.8, 4) is 0 Å². The maximum absolute atomic E-state index is 13.1. The van der Waals surface area contributed by atoms with Gasteiger partial charge in [-0.25, -0.2) is 10.4 Å². The number of rotatable bonds is 4. The van der Waals surface area contributed by atoms with Gasteiger partial charge < -0.3 is 4.98 Å². The number of imidazole rings is 1. The number of hydrogen-bond acceptors (Lipinski definition) is 4. The second-order valence-corrected chi connectivity index (χ2v) is 8.79. The van der Waals surface area contributed by atoms with E-state index in [2.05, 4.69) is 34.5 Å². The standard InChI is InChI=1S/C22H28N6O/c1-14-15(13-24-28(14)5)12-23-27-20(29)22(4)11-10-16(21(22,2)3)19-25-17-8-6-7-9-18(17)26-19/h6-9,12-13,16H,10-11H2,1-5H3,(H,25,26)(H,27,29)/b23-12+. The number of nitrogens with zero attached hydrogens (tertiary/aromatic N) is 4. The summed E-state index contributed by atoms with van der Waals surface area (Å²) in [5.74, 6) is 1.08. The van der Waals surface area contributed by atoms with Gasteiger partial charge in [0.05, 0.1) is 28.9 Å². The zero-order valence-electron chi connectivity index (χ0n) is 17.7. The Hall–Kier alpha value is -2.96. The molecule has 0 aliphatic heterocycles. The quantitative estimate of drug-likeness (QED) is 0.525. The SMILES string of the molecule is Cc1c(/C=N/NC(=O)C2(C)CCC(c3nc4ccccc4[nH]3)C2(C)C)cnn1C. The van der Waals surface area contributed by atoms with Crippen LogP contribution in [-0.2, 0) is 11.8 Å². The number of fused-ring (bicyclic) bond motifs is 1. The van der Waals surface area contributed by atoms with Crippen molar-refractivity contribution in [2.24, 2.45) is 23.0 Å². The number of aryl methyl sites for hydroxylation is 1. The fraction of sp³-hybridized carbons (Fsp3) is 0.455. The summed E-state index contributed by atoms with van der Waals surface area (Å²) in [7, 11) is 1.88. The van der Waals surface area contributed by atoms with Gasteiger partial charge in [-0.1, -0.05) is 32.9 Å². The van der Waals surface area contributed by atoms with Crippen molar-refractivity contribution in [1.82, 2.24) is 25.2 Å². The first kappa shape index (κ1) is 19.4. The Kier molecular flexibility index (Phi) is 4.56. The normalized spacial score (nSPS) is 23.8. The smallest absolute Gasteiger partial charge is 0.246 e. The zero-order valence-corrected chi connectivity index (χ0v) is 17.7. The first-order valence-corrected chi connectivity index (χ1v) is 10.0. The van der Waals surface area contributed by atoms with Crippen LogP contribution in [0.3, 0.4) is 0 Å². The van der Waals surface area contributed by atoms with E-state index < -0.39 is 5.41 Å². The monoisotopic (exact) mass is 392 g/mol. The molecule has 7 nitrogen and oxygen atoms in total. The highest BCUT2D eigenvalue weighted by molar-refractivity contribution is 5.86. The van der Waals surface area contributed by atoms with E-state index in [1.807, 2.05) is 45.2 Å². The number of benzene rings is 1. The summed E-state index contributed by atoms with van der Waals surface area (Å²) in [6.07, 6.45) is 5.09. The van der Waals surface area contributed by atoms with Gasteiger partial charge in [0.2, 0.25) is 5.91 Å². The first-order chi connectivity index (χ1) is 13.7. The van der Waals surface area contributed by atoms with Gasteiger partial charge >= 0.3 is 0 Å². The number of amides is 1. The van der Waals surface area contributed by atoms with Gasteiger partial charge in [-0.15, -0.1) is 0 Å². The third kappa shape index (κ3) is 3.05. The number of H-pyrrole nitrogens is 1. The Balaban J connectivity index is 1.54. The molecule has 7 heteroatoms. The van der Waals surface area contributed by atoms with Crippen LogP contribution in [0.4, 0.5) is 0 Å². The van der Waals surface area contributed by atoms with Gasteiger partial charge in [0.1, 0.15) is 5.82 Å². The number of aromatic amines is 1. The van der Waals surface area contributed by atoms with E-state index in [0.29, 0.717) is 0 Å². The predicted octanol–water partition coefficient (Wildman–Crippen LogP) is 3.67. The lowest BCUT2D eigenvalue weighted by atomic mass is 9.65. The van der Waals surface area contributed by atoms with E-state index in [1.54, 1.807) is 17.1 Å². The predicted molar refractivity (Wildman–Crippen MR) is 114 cm³/mol. The van der Waals surface area contributed by atoms with Crippen LogP contribution < -0.4 is 5.43 Å². The Morgan fingerprint density at radius 1 is 1.34 bits per heavy atom. The van der Waals surface area contributed by atoms with E-state index in [1.165, 1.54) is 0 Å². The highest BCUT2D eigenvalue weighted by Crippen LogP contribution is 2.59. The van der Waals surface area contributed by atoms with Crippen LogP contribution in [0.15, 0.2) is 35.6 Å². The summed E-state index contributed by atoms with van der Waals surface area (Å²) in [5.41, 5.74) is 5.84. The second-order valence-electron chi connectivity index (χ2n) is 8.79. The molecule has 4 rings (SSSR count). The van der Waals surface area contributed by atoms with E-state index in [-0.39, 0.29) is 17.2 Å². The molecule has 0 bridgehead atoms. The topological polar surface area (TPSA) is 88.0 Å². The molecule has 1 aliphatic carbocycles. The molecular weight excluding hydrogens is 364 g/mol. The Morgan fingerprint density at radius 3 is 2.79 bits per heavy atom. The molecule has 2 N–H and O–H groups in total. The van der Waals surface area contributed by atoms with Gasteiger partial charge in [-0.3, -0.25) is 9.48 Å². The zero-order chi connectivity index (χ0) is 20.8. The molecule has 0 spiro atoms. The molecule has 152 valence electrons. The van der Waals surface area contributed by atoms with Gasteiger partial charge in [-0.05, 0) is 37.3 Å². The number of carbonyl (C=O) groups excluding carboxylic acids is 1. The molecule has 2 heterocycles. The van der Waals surface area contributed by atoms with Gasteiger partial charge in [0.25, 0.3) is 0 Å². The first-order valence-electron chi connectivity index (χ1n) is 10.0. The van der Waals surface area contributed by atoms with Crippen molar-refractivity contribution in [1.29, 1.82) is 0 Å². The van der Waals surface area contributed by atoms with Crippen LogP contribution in [0.2, 0.25) is 0 Å². The lowest BCUT2D eigenvalue weighted by Gasteiger charge is -2.39. The molecule has 1 amide bonds. The number of nitrogens with one attached hydrogen (secondary N) is 2. The number of hydrogen-bond donors (Lipinski definition) is 2. The minimum absolute atomic E-state index is 0.0566. The molecule has 3 aromatic rings. The lowest BCUT2D eigenvalue weighted by molar-refractivity contribution is -0.135. The van der Waals surface area contributed by atoms with E-state index >= 15 is 0 Å². The molecule has 2 aromatic heterocycles. The van der Waals surface area contributed by atoms with Gasteiger partial charge in [0.15, 0.2) is 0 Å². The molecule has 0 saturated heterocycles. The van der Waals surface area contributed by atoms with Crippen molar-refractivity contribution in [3.05, 3.63) is 47.5 Å². The van der Waals surface area contributed by atoms with E-state index in [0.717, 1.165) is 41.0 Å². The summed E-state index contributed by atoms with van der Waals surface area (Å²) in [5, 5.41) is 8.39. The van der Waals surface area contributed by atoms with Crippen LogP contribution in [0.25, 0.3) is 11.0 Å². The maximum Gasteiger partial charge on any atom is 0.246 e. The second kappa shape index (κ2) is 6.83. The molecule has 0 radical (unpaired) electrons. The van der Waals surface area contributed by atoms with Gasteiger partial charge in [-0.2, -0.15) is 10.2 Å². The summed E-state index contributed by atoms with van der Waals surface area (Å²) in [4.78, 5) is 21.4. The summed E-state index contributed by atoms with van der Waals surface area (Å²) in [6.45, 7) is 8.32. The average molecular weight is 393 g/mol. The average Bonchev–Trinajstić information content (AvgIpc) is 3.32. The minimum Gasteiger partial charge on any atom is -0.342 e. The van der Waals surface area contributed by atoms with Crippen LogP contribution in [0, 0.1) is 17.8 Å². The van der Waals surface area contributed by atoms with Crippen molar-refractivity contribution < 1.29 is 4.79 Å². The third-order valence-corrected chi connectivity index (χ3v) is 7.11. The lowest BCUT2D eigenvalue weighted by Crippen LogP contribution is -2.45. The maximum atomic E-state index is 13.1. The molecule has 2 atom stereocenters. The van der Waals surface area contributed by atoms with E-state index in [9.17, 15) is 4.79 Å². The van der Waals surface area contributed by atoms with Crippen molar-refractivity contribution >= 4 is 23.2 Å². The van der Waals surface area contributed by atoms with Crippen molar-refractivity contribution in [2.45, 2.75) is 46.5 Å². The summed E-state index contributed by atoms with van der Waals surface area (Å²) < 4.78 is 1.78. The Bertz CT molecular complexity index is 1060. The highest BCUT2D eigenvalue weighted by atomic mass is 16.2. The molecule has 29 heavy (non-hydrogen) atoms.